The molecule has 0 radical (unpaired) electrons. The Morgan fingerprint density at radius 2 is 1.04 bits per heavy atom. The lowest BCUT2D eigenvalue weighted by molar-refractivity contribution is 0.112. The van der Waals surface area contributed by atoms with Crippen molar-refractivity contribution in [1.82, 2.24) is 48.8 Å². The fourth-order valence-electron chi connectivity index (χ4n) is 6.91. The maximum Gasteiger partial charge on any atom is 0.159 e. The summed E-state index contributed by atoms with van der Waals surface area (Å²) in [6.07, 6.45) is 12.5. The monoisotopic (exact) mass is 734 g/mol. The molecule has 6 aromatic heterocycles. The minimum absolute atomic E-state index is 0. The highest BCUT2D eigenvalue weighted by atomic mass is 16.1. The molecule has 0 bridgehead atoms. The molecule has 0 amide bonds. The van der Waals surface area contributed by atoms with Crippen molar-refractivity contribution in [1.29, 1.82) is 0 Å². The fourth-order valence-corrected chi connectivity index (χ4v) is 6.91. The highest BCUT2D eigenvalue weighted by molar-refractivity contribution is 5.73. The van der Waals surface area contributed by atoms with Crippen molar-refractivity contribution >= 4 is 17.6 Å². The van der Waals surface area contributed by atoms with Crippen LogP contribution in [0.15, 0.2) is 85.5 Å². The van der Waals surface area contributed by atoms with Crippen molar-refractivity contribution in [2.75, 3.05) is 0 Å². The Bertz CT molecular complexity index is 2570. The molecule has 8 aromatic rings. The van der Waals surface area contributed by atoms with Crippen LogP contribution in [0.3, 0.4) is 0 Å². The molecule has 11 heteroatoms. The van der Waals surface area contributed by atoms with E-state index in [1.165, 1.54) is 27.8 Å². The number of nitrogens with zero attached hydrogens (tertiary/aromatic N) is 10. The van der Waals surface area contributed by atoms with E-state index in [0.717, 1.165) is 95.2 Å². The van der Waals surface area contributed by atoms with Crippen LogP contribution in [0.1, 0.15) is 101 Å². The quantitative estimate of drug-likeness (QED) is 0.130. The first kappa shape index (κ1) is 38.5. The summed E-state index contributed by atoms with van der Waals surface area (Å²) in [6, 6.07) is 20.9. The van der Waals surface area contributed by atoms with E-state index in [1.54, 1.807) is 17.1 Å². The molecule has 0 aliphatic rings. The third-order valence-electron chi connectivity index (χ3n) is 9.76. The van der Waals surface area contributed by atoms with Crippen LogP contribution >= 0.6 is 0 Å². The predicted octanol–water partition coefficient (Wildman–Crippen LogP) is 8.38. The Hall–Kier alpha value is -6.23. The molecule has 8 rings (SSSR count). The van der Waals surface area contributed by atoms with E-state index in [-0.39, 0.29) is 7.43 Å². The summed E-state index contributed by atoms with van der Waals surface area (Å²) in [5, 5.41) is 18.2. The van der Waals surface area contributed by atoms with Crippen LogP contribution in [0.5, 0.6) is 0 Å². The van der Waals surface area contributed by atoms with Gasteiger partial charge in [0.2, 0.25) is 0 Å². The number of hydrogen-bond donors (Lipinski definition) is 0. The SMILES string of the molecule is C.CCc1cnn(-c2ccc(Cc3c(CC)nn4c(C)cc(C)nc34)cc2)c1.CCc1nn2c(C)cc(C)nc2c1Cc1ccc(-n2cc(C=O)cn2)cc1. The van der Waals surface area contributed by atoms with E-state index in [0.29, 0.717) is 5.56 Å². The number of aromatic nitrogens is 10. The van der Waals surface area contributed by atoms with Crippen molar-refractivity contribution in [2.24, 2.45) is 0 Å². The molecule has 0 saturated heterocycles. The fraction of sp³-hybridized carbons (Fsp3) is 0.295. The second-order valence-electron chi connectivity index (χ2n) is 13.8. The van der Waals surface area contributed by atoms with Gasteiger partial charge < -0.3 is 0 Å². The number of hydrogen-bond acceptors (Lipinski definition) is 7. The maximum absolute atomic E-state index is 10.8. The van der Waals surface area contributed by atoms with Crippen LogP contribution in [0.25, 0.3) is 22.7 Å². The molecule has 6 heterocycles. The molecule has 0 N–H and O–H groups in total. The lowest BCUT2D eigenvalue weighted by atomic mass is 10.0. The van der Waals surface area contributed by atoms with Crippen LogP contribution in [0.2, 0.25) is 0 Å². The summed E-state index contributed by atoms with van der Waals surface area (Å²) in [4.78, 5) is 20.3. The van der Waals surface area contributed by atoms with Crippen molar-refractivity contribution in [3.63, 3.8) is 0 Å². The van der Waals surface area contributed by atoms with Gasteiger partial charge in [-0.1, -0.05) is 52.5 Å². The lowest BCUT2D eigenvalue weighted by Crippen LogP contribution is -1.99. The third-order valence-corrected chi connectivity index (χ3v) is 9.76. The van der Waals surface area contributed by atoms with E-state index < -0.39 is 0 Å². The molecule has 0 spiro atoms. The normalized spacial score (nSPS) is 11.1. The van der Waals surface area contributed by atoms with E-state index in [9.17, 15) is 4.79 Å². The average molecular weight is 735 g/mol. The van der Waals surface area contributed by atoms with E-state index in [1.807, 2.05) is 45.9 Å². The summed E-state index contributed by atoms with van der Waals surface area (Å²) in [5.74, 6) is 0. The van der Waals surface area contributed by atoms with Crippen LogP contribution in [0.4, 0.5) is 0 Å². The van der Waals surface area contributed by atoms with Crippen molar-refractivity contribution in [3.8, 4) is 11.4 Å². The highest BCUT2D eigenvalue weighted by Gasteiger charge is 2.17. The number of carbonyl (C=O) groups is 1. The number of aldehydes is 1. The zero-order valence-electron chi connectivity index (χ0n) is 32.1. The van der Waals surface area contributed by atoms with Gasteiger partial charge in [-0.2, -0.15) is 20.4 Å². The highest BCUT2D eigenvalue weighted by Crippen LogP contribution is 2.24. The molecule has 0 unspecified atom stereocenters. The van der Waals surface area contributed by atoms with Gasteiger partial charge in [0.1, 0.15) is 0 Å². The lowest BCUT2D eigenvalue weighted by Gasteiger charge is -2.06. The minimum atomic E-state index is 0. The molecular formula is C44H50N10O. The second-order valence-corrected chi connectivity index (χ2v) is 13.8. The van der Waals surface area contributed by atoms with Gasteiger partial charge in [-0.3, -0.25) is 4.79 Å². The third kappa shape index (κ3) is 8.01. The molecule has 2 aromatic carbocycles. The van der Waals surface area contributed by atoms with Crippen molar-refractivity contribution < 1.29 is 4.79 Å². The molecule has 0 fully saturated rings. The number of benzene rings is 2. The minimum Gasteiger partial charge on any atom is -0.298 e. The van der Waals surface area contributed by atoms with Gasteiger partial charge in [0.15, 0.2) is 17.6 Å². The molecule has 0 aliphatic carbocycles. The van der Waals surface area contributed by atoms with Gasteiger partial charge >= 0.3 is 0 Å². The number of aryl methyl sites for hydroxylation is 7. The van der Waals surface area contributed by atoms with E-state index >= 15 is 0 Å². The van der Waals surface area contributed by atoms with Gasteiger partial charge in [0, 0.05) is 59.1 Å². The van der Waals surface area contributed by atoms with E-state index in [4.69, 9.17) is 20.2 Å². The molecule has 55 heavy (non-hydrogen) atoms. The van der Waals surface area contributed by atoms with Gasteiger partial charge in [-0.25, -0.2) is 28.4 Å². The Morgan fingerprint density at radius 3 is 1.44 bits per heavy atom. The standard InChI is InChI=1S/C22H25N5.C21H21N5O.CH4/c1-5-17-13-23-26(14-17)19-9-7-18(8-10-19)12-20-21(6-2)25-27-16(4)11-15(3)24-22(20)27;1-4-20-19(21-23-14(2)9-15(3)26(21)24-20)10-16-5-7-18(8-6-16)25-12-17(13-27)11-22-25;/h7-11,13-14H,5-6,12H2,1-4H3;5-9,11-13H,4,10H2,1-3H3;1H4. The molecule has 282 valence electrons. The van der Waals surface area contributed by atoms with Crippen LogP contribution in [-0.2, 0) is 32.1 Å². The summed E-state index contributed by atoms with van der Waals surface area (Å²) in [7, 11) is 0. The van der Waals surface area contributed by atoms with Gasteiger partial charge in [0.25, 0.3) is 0 Å². The topological polar surface area (TPSA) is 113 Å². The second kappa shape index (κ2) is 16.4. The summed E-state index contributed by atoms with van der Waals surface area (Å²) < 4.78 is 7.56. The zero-order valence-corrected chi connectivity index (χ0v) is 32.1. The van der Waals surface area contributed by atoms with Gasteiger partial charge in [-0.05, 0) is 100 Å². The Kier molecular flexibility index (Phi) is 11.5. The first-order valence-electron chi connectivity index (χ1n) is 18.6. The van der Waals surface area contributed by atoms with Crippen LogP contribution in [-0.4, -0.2) is 55.0 Å². The van der Waals surface area contributed by atoms with Crippen molar-refractivity contribution in [3.05, 3.63) is 153 Å². The van der Waals surface area contributed by atoms with Gasteiger partial charge in [-0.15, -0.1) is 0 Å². The van der Waals surface area contributed by atoms with Crippen LogP contribution < -0.4 is 0 Å². The largest absolute Gasteiger partial charge is 0.298 e. The zero-order chi connectivity index (χ0) is 37.9. The molecule has 0 saturated carbocycles. The van der Waals surface area contributed by atoms with Gasteiger partial charge in [0.05, 0.1) is 40.7 Å². The summed E-state index contributed by atoms with van der Waals surface area (Å²) >= 11 is 0. The average Bonchev–Trinajstić information content (AvgIpc) is 3.99. The Balaban J connectivity index is 0.000000184. The number of carbonyl (C=O) groups excluding carboxylic acids is 1. The Labute approximate surface area is 322 Å². The predicted molar refractivity (Wildman–Crippen MR) is 218 cm³/mol. The van der Waals surface area contributed by atoms with Crippen LogP contribution in [0, 0.1) is 27.7 Å². The molecule has 0 atom stereocenters. The summed E-state index contributed by atoms with van der Waals surface area (Å²) in [5.41, 5.74) is 17.1. The first-order chi connectivity index (χ1) is 26.2. The van der Waals surface area contributed by atoms with E-state index in [2.05, 4.69) is 99.5 Å². The first-order valence-corrected chi connectivity index (χ1v) is 18.6. The maximum atomic E-state index is 10.8. The molecule has 0 aliphatic heterocycles. The smallest absolute Gasteiger partial charge is 0.159 e. The number of rotatable bonds is 10. The molecule has 11 nitrogen and oxygen atoms in total. The number of fused-ring (bicyclic) bond motifs is 2. The molecular weight excluding hydrogens is 685 g/mol. The summed E-state index contributed by atoms with van der Waals surface area (Å²) in [6.45, 7) is 14.6. The van der Waals surface area contributed by atoms with Crippen molar-refractivity contribution in [2.45, 2.75) is 88.0 Å². The Morgan fingerprint density at radius 1 is 0.582 bits per heavy atom.